The van der Waals surface area contributed by atoms with Crippen LogP contribution in [-0.4, -0.2) is 51.2 Å². The third-order valence-corrected chi connectivity index (χ3v) is 4.15. The van der Waals surface area contributed by atoms with Crippen molar-refractivity contribution in [2.24, 2.45) is 0 Å². The van der Waals surface area contributed by atoms with E-state index in [-0.39, 0.29) is 23.6 Å². The van der Waals surface area contributed by atoms with Crippen LogP contribution >= 0.6 is 0 Å². The molecule has 112 valence electrons. The Morgan fingerprint density at radius 2 is 2.10 bits per heavy atom. The van der Waals surface area contributed by atoms with E-state index in [1.54, 1.807) is 6.07 Å². The SMILES string of the molecule is Nc1nc(N2CC3CCC2CN3C(=O)O)ccc1[N+](=O)[O-]. The Labute approximate surface area is 120 Å². The normalized spacial score (nSPS) is 24.2. The lowest BCUT2D eigenvalue weighted by Crippen LogP contribution is -2.64. The second-order valence-electron chi connectivity index (χ2n) is 5.30. The maximum Gasteiger partial charge on any atom is 0.407 e. The molecule has 3 fully saturated rings. The number of rotatable bonds is 2. The molecule has 0 radical (unpaired) electrons. The first-order valence-corrected chi connectivity index (χ1v) is 6.64. The summed E-state index contributed by atoms with van der Waals surface area (Å²) in [5.41, 5.74) is 5.40. The zero-order valence-corrected chi connectivity index (χ0v) is 11.2. The molecule has 0 aromatic carbocycles. The van der Waals surface area contributed by atoms with Gasteiger partial charge < -0.3 is 20.6 Å². The number of hydrogen-bond acceptors (Lipinski definition) is 6. The molecule has 3 aliphatic heterocycles. The third kappa shape index (κ3) is 2.20. The molecule has 3 aliphatic rings. The van der Waals surface area contributed by atoms with Crippen LogP contribution in [0.5, 0.6) is 0 Å². The summed E-state index contributed by atoms with van der Waals surface area (Å²) in [6, 6.07) is 2.89. The highest BCUT2D eigenvalue weighted by Gasteiger charge is 2.41. The Kier molecular flexibility index (Phi) is 3.04. The number of nitro groups is 1. The Bertz CT molecular complexity index is 607. The number of fused-ring (bicyclic) bond motifs is 3. The van der Waals surface area contributed by atoms with Crippen LogP contribution in [0.4, 0.5) is 22.1 Å². The highest BCUT2D eigenvalue weighted by atomic mass is 16.6. The summed E-state index contributed by atoms with van der Waals surface area (Å²) in [6.45, 7) is 0.972. The molecule has 1 aromatic rings. The minimum absolute atomic E-state index is 0.0412. The van der Waals surface area contributed by atoms with E-state index in [0.717, 1.165) is 12.8 Å². The van der Waals surface area contributed by atoms with Crippen molar-refractivity contribution in [2.45, 2.75) is 24.9 Å². The predicted octanol–water partition coefficient (Wildman–Crippen LogP) is 0.903. The highest BCUT2D eigenvalue weighted by Crippen LogP contribution is 2.33. The second kappa shape index (κ2) is 4.76. The number of nitrogens with zero attached hydrogens (tertiary/aromatic N) is 4. The number of amides is 1. The molecule has 3 saturated heterocycles. The van der Waals surface area contributed by atoms with E-state index in [4.69, 9.17) is 10.8 Å². The van der Waals surface area contributed by atoms with Gasteiger partial charge in [-0.1, -0.05) is 0 Å². The van der Waals surface area contributed by atoms with Gasteiger partial charge in [-0.05, 0) is 18.9 Å². The number of piperidine rings is 2. The molecule has 0 aliphatic carbocycles. The van der Waals surface area contributed by atoms with E-state index in [9.17, 15) is 14.9 Å². The monoisotopic (exact) mass is 293 g/mol. The molecule has 0 saturated carbocycles. The van der Waals surface area contributed by atoms with Crippen LogP contribution in [-0.2, 0) is 0 Å². The lowest BCUT2D eigenvalue weighted by Gasteiger charge is -2.50. The quantitative estimate of drug-likeness (QED) is 0.612. The van der Waals surface area contributed by atoms with E-state index in [1.807, 2.05) is 4.90 Å². The first kappa shape index (κ1) is 13.4. The van der Waals surface area contributed by atoms with E-state index < -0.39 is 11.0 Å². The van der Waals surface area contributed by atoms with Crippen LogP contribution < -0.4 is 10.6 Å². The fourth-order valence-corrected chi connectivity index (χ4v) is 3.11. The first-order valence-electron chi connectivity index (χ1n) is 6.64. The van der Waals surface area contributed by atoms with Gasteiger partial charge in [0.25, 0.3) is 0 Å². The molecule has 2 unspecified atom stereocenters. The second-order valence-corrected chi connectivity index (χ2v) is 5.30. The lowest BCUT2D eigenvalue weighted by molar-refractivity contribution is -0.384. The van der Waals surface area contributed by atoms with Crippen molar-refractivity contribution < 1.29 is 14.8 Å². The first-order chi connectivity index (χ1) is 9.97. The summed E-state index contributed by atoms with van der Waals surface area (Å²) in [5.74, 6) is 0.451. The zero-order valence-electron chi connectivity index (χ0n) is 11.2. The van der Waals surface area contributed by atoms with E-state index in [0.29, 0.717) is 18.9 Å². The molecule has 2 atom stereocenters. The van der Waals surface area contributed by atoms with Crippen molar-refractivity contribution in [1.82, 2.24) is 9.88 Å². The van der Waals surface area contributed by atoms with Crippen molar-refractivity contribution >= 4 is 23.4 Å². The number of hydrogen-bond donors (Lipinski definition) is 2. The van der Waals surface area contributed by atoms with Gasteiger partial charge >= 0.3 is 11.8 Å². The molecular weight excluding hydrogens is 278 g/mol. The van der Waals surface area contributed by atoms with Gasteiger partial charge in [-0.2, -0.15) is 0 Å². The van der Waals surface area contributed by atoms with Crippen molar-refractivity contribution in [3.63, 3.8) is 0 Å². The average Bonchev–Trinajstić information content (AvgIpc) is 2.47. The van der Waals surface area contributed by atoms with Crippen LogP contribution in [0.2, 0.25) is 0 Å². The van der Waals surface area contributed by atoms with Gasteiger partial charge in [-0.15, -0.1) is 0 Å². The smallest absolute Gasteiger partial charge is 0.407 e. The van der Waals surface area contributed by atoms with Crippen molar-refractivity contribution in [3.05, 3.63) is 22.2 Å². The summed E-state index contributed by atoms with van der Waals surface area (Å²) in [5, 5.41) is 19.9. The van der Waals surface area contributed by atoms with Crippen LogP contribution in [0, 0.1) is 10.1 Å². The molecule has 21 heavy (non-hydrogen) atoms. The minimum Gasteiger partial charge on any atom is -0.465 e. The van der Waals surface area contributed by atoms with Gasteiger partial charge in [0.15, 0.2) is 0 Å². The highest BCUT2D eigenvalue weighted by molar-refractivity contribution is 5.67. The topological polar surface area (TPSA) is 126 Å². The van der Waals surface area contributed by atoms with Gasteiger partial charge in [-0.3, -0.25) is 10.1 Å². The van der Waals surface area contributed by atoms with Crippen molar-refractivity contribution in [1.29, 1.82) is 0 Å². The Morgan fingerprint density at radius 1 is 1.38 bits per heavy atom. The summed E-state index contributed by atoms with van der Waals surface area (Å²) in [7, 11) is 0. The number of pyridine rings is 1. The summed E-state index contributed by atoms with van der Waals surface area (Å²) >= 11 is 0. The van der Waals surface area contributed by atoms with E-state index in [2.05, 4.69) is 4.98 Å². The average molecular weight is 293 g/mol. The Hall–Kier alpha value is -2.58. The molecule has 0 spiro atoms. The molecule has 9 nitrogen and oxygen atoms in total. The molecule has 1 aromatic heterocycles. The third-order valence-electron chi connectivity index (χ3n) is 4.15. The van der Waals surface area contributed by atoms with Crippen LogP contribution in [0.15, 0.2) is 12.1 Å². The summed E-state index contributed by atoms with van der Waals surface area (Å²) < 4.78 is 0. The van der Waals surface area contributed by atoms with Gasteiger partial charge in [0.2, 0.25) is 5.82 Å². The van der Waals surface area contributed by atoms with Crippen molar-refractivity contribution in [2.75, 3.05) is 23.7 Å². The molecule has 4 rings (SSSR count). The number of anilines is 2. The van der Waals surface area contributed by atoms with Gasteiger partial charge in [0.05, 0.1) is 11.0 Å². The molecule has 4 heterocycles. The van der Waals surface area contributed by atoms with Crippen LogP contribution in [0.1, 0.15) is 12.8 Å². The zero-order chi connectivity index (χ0) is 15.1. The number of carboxylic acid groups (broad SMARTS) is 1. The van der Waals surface area contributed by atoms with E-state index >= 15 is 0 Å². The predicted molar refractivity (Wildman–Crippen MR) is 74.2 cm³/mol. The van der Waals surface area contributed by atoms with Crippen LogP contribution in [0.3, 0.4) is 0 Å². The van der Waals surface area contributed by atoms with E-state index in [1.165, 1.54) is 11.0 Å². The molecule has 9 heteroatoms. The number of nitrogens with two attached hydrogens (primary N) is 1. The lowest BCUT2D eigenvalue weighted by atomic mass is 9.91. The summed E-state index contributed by atoms with van der Waals surface area (Å²) in [6.07, 6.45) is 0.809. The molecule has 1 amide bonds. The number of carbonyl (C=O) groups is 1. The van der Waals surface area contributed by atoms with Gasteiger partial charge in [0, 0.05) is 25.2 Å². The van der Waals surface area contributed by atoms with Crippen molar-refractivity contribution in [3.8, 4) is 0 Å². The molecule has 3 N–H and O–H groups in total. The standard InChI is InChI=1S/C12H15N5O4/c13-11-9(17(20)21)3-4-10(14-11)15-5-8-2-1-7(15)6-16(8)12(18)19/h3-4,7-8H,1-2,5-6H2,(H2,13,14)(H,18,19). The maximum absolute atomic E-state index is 11.2. The number of nitrogen functional groups attached to an aromatic ring is 1. The molecule has 2 bridgehead atoms. The Morgan fingerprint density at radius 3 is 2.62 bits per heavy atom. The summed E-state index contributed by atoms with van der Waals surface area (Å²) in [4.78, 5) is 28.9. The Balaban J connectivity index is 1.85. The maximum atomic E-state index is 11.2. The number of piperazine rings is 1. The number of aromatic nitrogens is 1. The fourth-order valence-electron chi connectivity index (χ4n) is 3.11. The van der Waals surface area contributed by atoms with Gasteiger partial charge in [0.1, 0.15) is 5.82 Å². The largest absolute Gasteiger partial charge is 0.465 e. The molecular formula is C12H15N5O4. The van der Waals surface area contributed by atoms with Crippen LogP contribution in [0.25, 0.3) is 0 Å². The van der Waals surface area contributed by atoms with Gasteiger partial charge in [-0.25, -0.2) is 9.78 Å². The minimum atomic E-state index is -0.902. The fraction of sp³-hybridized carbons (Fsp3) is 0.500.